The number of carboxylic acid groups (broad SMARTS) is 1. The van der Waals surface area contributed by atoms with Crippen molar-refractivity contribution in [3.05, 3.63) is 58.1 Å². The Kier molecular flexibility index (Phi) is 9.04. The number of carbonyl (C=O) groups is 2. The molecule has 0 spiro atoms. The third-order valence-corrected chi connectivity index (χ3v) is 5.88. The van der Waals surface area contributed by atoms with Gasteiger partial charge in [-0.3, -0.25) is 4.79 Å². The molecule has 0 aliphatic carbocycles. The Bertz CT molecular complexity index is 840. The van der Waals surface area contributed by atoms with Crippen molar-refractivity contribution < 1.29 is 14.7 Å². The Balaban J connectivity index is 1.98. The van der Waals surface area contributed by atoms with E-state index in [-0.39, 0.29) is 12.5 Å². The summed E-state index contributed by atoms with van der Waals surface area (Å²) in [4.78, 5) is 25.8. The number of aryl methyl sites for hydroxylation is 1. The van der Waals surface area contributed by atoms with E-state index in [1.165, 1.54) is 10.5 Å². The fourth-order valence-electron chi connectivity index (χ4n) is 2.80. The lowest BCUT2D eigenvalue weighted by Gasteiger charge is -2.18. The normalized spacial score (nSPS) is 10.8. The molecule has 0 aliphatic heterocycles. The van der Waals surface area contributed by atoms with Gasteiger partial charge in [0, 0.05) is 40.3 Å². The summed E-state index contributed by atoms with van der Waals surface area (Å²) in [7, 11) is 1.54. The van der Waals surface area contributed by atoms with Crippen molar-refractivity contribution in [2.75, 3.05) is 12.4 Å². The van der Waals surface area contributed by atoms with Crippen molar-refractivity contribution >= 4 is 45.4 Å². The highest BCUT2D eigenvalue weighted by Crippen LogP contribution is 2.30. The average molecular weight is 479 g/mol. The van der Waals surface area contributed by atoms with Gasteiger partial charge < -0.3 is 15.3 Å². The summed E-state index contributed by atoms with van der Waals surface area (Å²) >= 11 is 5.10. The predicted molar refractivity (Wildman–Crippen MR) is 123 cm³/mol. The Morgan fingerprint density at radius 3 is 2.48 bits per heavy atom. The maximum Gasteiger partial charge on any atom is 0.407 e. The molecule has 2 aromatic rings. The zero-order chi connectivity index (χ0) is 21.4. The van der Waals surface area contributed by atoms with Crippen LogP contribution in [0.15, 0.2) is 51.8 Å². The molecule has 156 valence electrons. The van der Waals surface area contributed by atoms with E-state index in [1.54, 1.807) is 18.8 Å². The average Bonchev–Trinajstić information content (AvgIpc) is 2.65. The van der Waals surface area contributed by atoms with Crippen LogP contribution in [0.4, 0.5) is 10.5 Å². The molecule has 2 aromatic carbocycles. The van der Waals surface area contributed by atoms with Crippen LogP contribution >= 0.6 is 27.7 Å². The van der Waals surface area contributed by atoms with Gasteiger partial charge in [-0.05, 0) is 54.3 Å². The molecule has 0 radical (unpaired) electrons. The van der Waals surface area contributed by atoms with Crippen LogP contribution in [0.5, 0.6) is 0 Å². The molecular formula is C22H27BrN2O3S. The standard InChI is InChI=1S/C22H27BrN2O3S/c1-15(2)29-20-12-11-19(13-17(20)14-25(3)22(27)28)24-21(26)6-4-5-16-7-9-18(23)10-8-16/h7-13,15H,4-6,14H2,1-3H3,(H,24,26)(H,27,28). The van der Waals surface area contributed by atoms with Gasteiger partial charge >= 0.3 is 6.09 Å². The molecule has 0 atom stereocenters. The molecule has 0 aromatic heterocycles. The Morgan fingerprint density at radius 1 is 1.17 bits per heavy atom. The van der Waals surface area contributed by atoms with Crippen LogP contribution in [0.3, 0.4) is 0 Å². The van der Waals surface area contributed by atoms with Crippen LogP contribution in [0.1, 0.15) is 37.8 Å². The first-order valence-corrected chi connectivity index (χ1v) is 11.2. The lowest BCUT2D eigenvalue weighted by Crippen LogP contribution is -2.24. The number of halogens is 1. The fourth-order valence-corrected chi connectivity index (χ4v) is 3.99. The van der Waals surface area contributed by atoms with Gasteiger partial charge in [0.1, 0.15) is 0 Å². The van der Waals surface area contributed by atoms with Gasteiger partial charge in [-0.25, -0.2) is 4.79 Å². The number of carbonyl (C=O) groups excluding carboxylic acids is 1. The van der Waals surface area contributed by atoms with Crippen LogP contribution in [0, 0.1) is 0 Å². The minimum Gasteiger partial charge on any atom is -0.465 e. The number of amides is 2. The largest absolute Gasteiger partial charge is 0.465 e. The molecule has 0 fully saturated rings. The highest BCUT2D eigenvalue weighted by Gasteiger charge is 2.13. The van der Waals surface area contributed by atoms with Gasteiger partial charge in [-0.15, -0.1) is 11.8 Å². The zero-order valence-corrected chi connectivity index (χ0v) is 19.3. The van der Waals surface area contributed by atoms with E-state index in [2.05, 4.69) is 47.2 Å². The first-order chi connectivity index (χ1) is 13.7. The Hall–Kier alpha value is -1.99. The first kappa shape index (κ1) is 23.3. The van der Waals surface area contributed by atoms with Gasteiger partial charge in [-0.1, -0.05) is 41.9 Å². The summed E-state index contributed by atoms with van der Waals surface area (Å²) in [6.07, 6.45) is 1.07. The molecule has 7 heteroatoms. The zero-order valence-electron chi connectivity index (χ0n) is 16.9. The van der Waals surface area contributed by atoms with E-state index in [0.29, 0.717) is 17.4 Å². The molecule has 2 N–H and O–H groups in total. The van der Waals surface area contributed by atoms with Crippen LogP contribution in [-0.2, 0) is 17.8 Å². The number of hydrogen-bond acceptors (Lipinski definition) is 3. The van der Waals surface area contributed by atoms with E-state index >= 15 is 0 Å². The second-order valence-corrected chi connectivity index (χ2v) is 9.69. The Labute approximate surface area is 185 Å². The molecule has 0 heterocycles. The molecule has 2 rings (SSSR count). The van der Waals surface area contributed by atoms with Crippen molar-refractivity contribution in [3.63, 3.8) is 0 Å². The van der Waals surface area contributed by atoms with E-state index in [9.17, 15) is 14.7 Å². The van der Waals surface area contributed by atoms with Crippen LogP contribution in [0.25, 0.3) is 0 Å². The van der Waals surface area contributed by atoms with Crippen molar-refractivity contribution in [1.29, 1.82) is 0 Å². The van der Waals surface area contributed by atoms with Gasteiger partial charge in [0.25, 0.3) is 0 Å². The molecule has 0 bridgehead atoms. The summed E-state index contributed by atoms with van der Waals surface area (Å²) in [5, 5.41) is 12.5. The SMILES string of the molecule is CC(C)Sc1ccc(NC(=O)CCCc2ccc(Br)cc2)cc1CN(C)C(=O)O. The predicted octanol–water partition coefficient (Wildman–Crippen LogP) is 6.02. The van der Waals surface area contributed by atoms with Gasteiger partial charge in [0.15, 0.2) is 0 Å². The highest BCUT2D eigenvalue weighted by molar-refractivity contribution is 9.10. The fraction of sp³-hybridized carbons (Fsp3) is 0.364. The summed E-state index contributed by atoms with van der Waals surface area (Å²) in [5.74, 6) is -0.0380. The lowest BCUT2D eigenvalue weighted by atomic mass is 10.1. The maximum absolute atomic E-state index is 12.3. The second kappa shape index (κ2) is 11.3. The summed E-state index contributed by atoms with van der Waals surface area (Å²) < 4.78 is 1.04. The van der Waals surface area contributed by atoms with E-state index in [0.717, 1.165) is 27.8 Å². The topological polar surface area (TPSA) is 69.6 Å². The minimum absolute atomic E-state index is 0.0380. The molecule has 0 saturated heterocycles. The lowest BCUT2D eigenvalue weighted by molar-refractivity contribution is -0.116. The summed E-state index contributed by atoms with van der Waals surface area (Å²) in [5.41, 5.74) is 2.79. The number of thioether (sulfide) groups is 1. The highest BCUT2D eigenvalue weighted by atomic mass is 79.9. The number of hydrogen-bond donors (Lipinski definition) is 2. The van der Waals surface area contributed by atoms with E-state index < -0.39 is 6.09 Å². The monoisotopic (exact) mass is 478 g/mol. The van der Waals surface area contributed by atoms with Crippen molar-refractivity contribution in [2.45, 2.75) is 49.8 Å². The van der Waals surface area contributed by atoms with Crippen molar-refractivity contribution in [1.82, 2.24) is 4.90 Å². The first-order valence-electron chi connectivity index (χ1n) is 9.52. The number of nitrogens with zero attached hydrogens (tertiary/aromatic N) is 1. The molecule has 0 unspecified atom stereocenters. The van der Waals surface area contributed by atoms with Crippen molar-refractivity contribution in [2.24, 2.45) is 0 Å². The van der Waals surface area contributed by atoms with E-state index in [4.69, 9.17) is 0 Å². The molecule has 0 aliphatic rings. The number of anilines is 1. The summed E-state index contributed by atoms with van der Waals surface area (Å²) in [6.45, 7) is 4.46. The second-order valence-electron chi connectivity index (χ2n) is 7.16. The number of benzene rings is 2. The number of nitrogens with one attached hydrogen (secondary N) is 1. The van der Waals surface area contributed by atoms with Gasteiger partial charge in [-0.2, -0.15) is 0 Å². The quantitative estimate of drug-likeness (QED) is 0.432. The third-order valence-electron chi connectivity index (χ3n) is 4.22. The van der Waals surface area contributed by atoms with Crippen LogP contribution in [0.2, 0.25) is 0 Å². The molecule has 5 nitrogen and oxygen atoms in total. The van der Waals surface area contributed by atoms with Gasteiger partial charge in [0.2, 0.25) is 5.91 Å². The Morgan fingerprint density at radius 2 is 1.86 bits per heavy atom. The minimum atomic E-state index is -0.979. The number of rotatable bonds is 9. The van der Waals surface area contributed by atoms with Crippen LogP contribution in [-0.4, -0.2) is 34.3 Å². The third kappa shape index (κ3) is 8.11. The smallest absolute Gasteiger partial charge is 0.407 e. The van der Waals surface area contributed by atoms with E-state index in [1.807, 2.05) is 30.3 Å². The summed E-state index contributed by atoms with van der Waals surface area (Å²) in [6, 6.07) is 13.8. The van der Waals surface area contributed by atoms with Crippen molar-refractivity contribution in [3.8, 4) is 0 Å². The molecule has 0 saturated carbocycles. The molecule has 29 heavy (non-hydrogen) atoms. The molecule has 2 amide bonds. The maximum atomic E-state index is 12.3. The van der Waals surface area contributed by atoms with Gasteiger partial charge in [0.05, 0.1) is 0 Å². The molecular weight excluding hydrogens is 452 g/mol. The van der Waals surface area contributed by atoms with Crippen LogP contribution < -0.4 is 5.32 Å².